The molecule has 1 aromatic heterocycles. The molecule has 2 fully saturated rings. The molecular formula is C24H22ClFN3O5-. The lowest BCUT2D eigenvalue weighted by molar-refractivity contribution is -0.271. The molecule has 4 aliphatic rings. The Hall–Kier alpha value is -2.91. The number of nitrogens with zero attached hydrogens (tertiary/aromatic N) is 3. The molecule has 0 saturated heterocycles. The van der Waals surface area contributed by atoms with Crippen molar-refractivity contribution in [2.24, 2.45) is 11.3 Å². The molecule has 3 atom stereocenters. The SMILES string of the molecule is CN1C(=O)c2c3c(c([O-])c(=O)n2C12CCC1CC12CO)C(=O)N(Cc1ccc(F)c(Cl)c1)CC3. The van der Waals surface area contributed by atoms with Gasteiger partial charge >= 0.3 is 0 Å². The minimum Gasteiger partial charge on any atom is -0.868 e. The van der Waals surface area contributed by atoms with Crippen molar-refractivity contribution in [3.05, 3.63) is 61.8 Å². The molecule has 1 spiro atoms. The zero-order valence-electron chi connectivity index (χ0n) is 18.4. The van der Waals surface area contributed by atoms with Crippen molar-refractivity contribution in [3.63, 3.8) is 0 Å². The number of pyridine rings is 1. The molecule has 8 nitrogen and oxygen atoms in total. The van der Waals surface area contributed by atoms with Crippen LogP contribution in [0.2, 0.25) is 5.02 Å². The number of amides is 2. The van der Waals surface area contributed by atoms with Gasteiger partial charge in [0.1, 0.15) is 17.2 Å². The Bertz CT molecular complexity index is 1360. The number of fused-ring (bicyclic) bond motifs is 6. The third-order valence-corrected chi connectivity index (χ3v) is 8.80. The largest absolute Gasteiger partial charge is 0.868 e. The quantitative estimate of drug-likeness (QED) is 0.706. The first kappa shape index (κ1) is 21.6. The third kappa shape index (κ3) is 2.39. The van der Waals surface area contributed by atoms with Crippen molar-refractivity contribution in [2.45, 2.75) is 37.9 Å². The highest BCUT2D eigenvalue weighted by Crippen LogP contribution is 2.72. The maximum atomic E-state index is 13.5. The van der Waals surface area contributed by atoms with E-state index in [9.17, 15) is 29.0 Å². The number of carbonyl (C=O) groups is 2. The van der Waals surface area contributed by atoms with Gasteiger partial charge in [-0.1, -0.05) is 17.7 Å². The van der Waals surface area contributed by atoms with E-state index in [2.05, 4.69) is 0 Å². The molecule has 0 radical (unpaired) electrons. The maximum Gasteiger partial charge on any atom is 0.272 e. The van der Waals surface area contributed by atoms with Crippen molar-refractivity contribution in [3.8, 4) is 5.75 Å². The van der Waals surface area contributed by atoms with Crippen molar-refractivity contribution in [2.75, 3.05) is 20.2 Å². The van der Waals surface area contributed by atoms with Crippen LogP contribution in [0.25, 0.3) is 0 Å². The number of aliphatic hydroxyl groups is 1. The standard InChI is InChI=1S/C24H23ClFN3O5/c1-27-21(33)18-14-5-7-28(10-12-2-3-16(26)15(25)8-12)20(32)17(14)19(31)22(34)29(18)24(27)6-4-13-9-23(13,24)11-30/h2-3,8,13,30-31H,4-7,9-11H2,1H3/p-1. The third-order valence-electron chi connectivity index (χ3n) is 8.51. The van der Waals surface area contributed by atoms with Gasteiger partial charge in [-0.15, -0.1) is 0 Å². The van der Waals surface area contributed by atoms with Gasteiger partial charge < -0.3 is 20.0 Å². The molecular weight excluding hydrogens is 465 g/mol. The van der Waals surface area contributed by atoms with Gasteiger partial charge in [-0.05, 0) is 60.6 Å². The Morgan fingerprint density at radius 3 is 2.71 bits per heavy atom. The Balaban J connectivity index is 1.47. The highest BCUT2D eigenvalue weighted by molar-refractivity contribution is 6.30. The highest BCUT2D eigenvalue weighted by atomic mass is 35.5. The average Bonchev–Trinajstić information content (AvgIpc) is 3.40. The topological polar surface area (TPSA) is 106 Å². The second-order valence-electron chi connectivity index (χ2n) is 9.83. The minimum absolute atomic E-state index is 0.0744. The molecule has 178 valence electrons. The summed E-state index contributed by atoms with van der Waals surface area (Å²) in [5.74, 6) is -2.34. The number of carbonyl (C=O) groups excluding carboxylic acids is 2. The van der Waals surface area contributed by atoms with Gasteiger partial charge in [0.15, 0.2) is 0 Å². The van der Waals surface area contributed by atoms with Gasteiger partial charge in [-0.2, -0.15) is 0 Å². The lowest BCUT2D eigenvalue weighted by Crippen LogP contribution is -2.55. The number of benzene rings is 1. The van der Waals surface area contributed by atoms with Gasteiger partial charge in [-0.3, -0.25) is 19.0 Å². The maximum absolute atomic E-state index is 13.5. The Labute approximate surface area is 199 Å². The Morgan fingerprint density at radius 1 is 1.26 bits per heavy atom. The zero-order valence-corrected chi connectivity index (χ0v) is 19.2. The first-order valence-electron chi connectivity index (χ1n) is 11.3. The number of aromatic nitrogens is 1. The summed E-state index contributed by atoms with van der Waals surface area (Å²) in [6, 6.07) is 4.12. The van der Waals surface area contributed by atoms with Crippen molar-refractivity contribution in [1.82, 2.24) is 14.4 Å². The molecule has 3 heterocycles. The van der Waals surface area contributed by atoms with Crippen LogP contribution in [-0.2, 0) is 18.6 Å². The smallest absolute Gasteiger partial charge is 0.272 e. The summed E-state index contributed by atoms with van der Waals surface area (Å²) in [5.41, 5.74) is -1.90. The van der Waals surface area contributed by atoms with Crippen molar-refractivity contribution < 1.29 is 24.2 Å². The van der Waals surface area contributed by atoms with Gasteiger partial charge in [0.25, 0.3) is 11.8 Å². The van der Waals surface area contributed by atoms with E-state index >= 15 is 0 Å². The number of hydrogen-bond donors (Lipinski definition) is 1. The van der Waals surface area contributed by atoms with Crippen molar-refractivity contribution in [1.29, 1.82) is 0 Å². The summed E-state index contributed by atoms with van der Waals surface area (Å²) in [6.07, 6.45) is 2.15. The predicted molar refractivity (Wildman–Crippen MR) is 117 cm³/mol. The minimum atomic E-state index is -1.07. The lowest BCUT2D eigenvalue weighted by Gasteiger charge is -2.42. The van der Waals surface area contributed by atoms with Crippen LogP contribution >= 0.6 is 11.6 Å². The van der Waals surface area contributed by atoms with E-state index in [0.29, 0.717) is 24.0 Å². The molecule has 6 rings (SSSR count). The van der Waals surface area contributed by atoms with E-state index in [1.807, 2.05) is 0 Å². The van der Waals surface area contributed by atoms with E-state index < -0.39 is 40.0 Å². The molecule has 34 heavy (non-hydrogen) atoms. The number of hydrogen-bond acceptors (Lipinski definition) is 5. The molecule has 2 aromatic rings. The van der Waals surface area contributed by atoms with Gasteiger partial charge in [0.05, 0.1) is 11.6 Å². The van der Waals surface area contributed by atoms with Crippen LogP contribution in [0.5, 0.6) is 5.75 Å². The second kappa shape index (κ2) is 6.82. The number of aliphatic hydroxyl groups excluding tert-OH is 1. The summed E-state index contributed by atoms with van der Waals surface area (Å²) in [4.78, 5) is 43.2. The fourth-order valence-corrected chi connectivity index (χ4v) is 6.97. The summed E-state index contributed by atoms with van der Waals surface area (Å²) in [6.45, 7) is 0.131. The lowest BCUT2D eigenvalue weighted by atomic mass is 9.89. The first-order valence-corrected chi connectivity index (χ1v) is 11.7. The van der Waals surface area contributed by atoms with Crippen LogP contribution < -0.4 is 10.7 Å². The Kier molecular flexibility index (Phi) is 4.34. The van der Waals surface area contributed by atoms with E-state index in [-0.39, 0.29) is 48.3 Å². The van der Waals surface area contributed by atoms with Gasteiger partial charge in [0.2, 0.25) is 5.56 Å². The first-order chi connectivity index (χ1) is 16.2. The molecule has 0 bridgehead atoms. The van der Waals surface area contributed by atoms with E-state index in [0.717, 1.165) is 6.42 Å². The highest BCUT2D eigenvalue weighted by Gasteiger charge is 2.76. The van der Waals surface area contributed by atoms with E-state index in [4.69, 9.17) is 11.6 Å². The molecule has 2 amide bonds. The molecule has 2 aliphatic carbocycles. The van der Waals surface area contributed by atoms with Crippen LogP contribution in [0.3, 0.4) is 0 Å². The van der Waals surface area contributed by atoms with E-state index in [1.54, 1.807) is 7.05 Å². The van der Waals surface area contributed by atoms with E-state index in [1.165, 1.54) is 32.6 Å². The fourth-order valence-electron chi connectivity index (χ4n) is 6.77. The number of halogens is 2. The van der Waals surface area contributed by atoms with Crippen molar-refractivity contribution >= 4 is 23.4 Å². The van der Waals surface area contributed by atoms with Crippen LogP contribution in [0, 0.1) is 17.2 Å². The molecule has 1 N–H and O–H groups in total. The summed E-state index contributed by atoms with van der Waals surface area (Å²) < 4.78 is 14.8. The van der Waals surface area contributed by atoms with Crippen LogP contribution in [0.15, 0.2) is 23.0 Å². The van der Waals surface area contributed by atoms with Gasteiger partial charge in [0, 0.05) is 31.1 Å². The summed E-state index contributed by atoms with van der Waals surface area (Å²) in [7, 11) is 1.61. The Morgan fingerprint density at radius 2 is 2.03 bits per heavy atom. The summed E-state index contributed by atoms with van der Waals surface area (Å²) >= 11 is 5.85. The zero-order chi connectivity index (χ0) is 24.2. The molecule has 2 aliphatic heterocycles. The number of rotatable bonds is 3. The molecule has 3 unspecified atom stereocenters. The van der Waals surface area contributed by atoms with Crippen LogP contribution in [0.4, 0.5) is 4.39 Å². The predicted octanol–water partition coefficient (Wildman–Crippen LogP) is 1.44. The monoisotopic (exact) mass is 486 g/mol. The average molecular weight is 487 g/mol. The molecule has 2 saturated carbocycles. The molecule has 1 aromatic carbocycles. The van der Waals surface area contributed by atoms with Crippen LogP contribution in [-0.4, -0.2) is 51.5 Å². The second-order valence-corrected chi connectivity index (χ2v) is 10.2. The summed E-state index contributed by atoms with van der Waals surface area (Å²) in [5, 5.41) is 23.5. The fraction of sp³-hybridized carbons (Fsp3) is 0.458. The normalized spacial score (nSPS) is 29.0. The molecule has 10 heteroatoms. The van der Waals surface area contributed by atoms with Gasteiger partial charge in [-0.25, -0.2) is 4.39 Å². The van der Waals surface area contributed by atoms with Crippen LogP contribution in [0.1, 0.15) is 51.2 Å².